The van der Waals surface area contributed by atoms with Gasteiger partial charge in [0, 0.05) is 6.20 Å². The third kappa shape index (κ3) is 10.6. The number of alkyl carbamates (subject to hydrolysis) is 1. The van der Waals surface area contributed by atoms with Crippen LogP contribution in [0.25, 0.3) is 0 Å². The van der Waals surface area contributed by atoms with Gasteiger partial charge in [-0.05, 0) is 66.4 Å². The molecule has 3 amide bonds. The van der Waals surface area contributed by atoms with Crippen molar-refractivity contribution < 1.29 is 28.7 Å². The van der Waals surface area contributed by atoms with Gasteiger partial charge in [-0.1, -0.05) is 30.3 Å². The van der Waals surface area contributed by atoms with Crippen LogP contribution in [-0.4, -0.2) is 57.2 Å². The van der Waals surface area contributed by atoms with E-state index in [1.54, 1.807) is 27.7 Å². The van der Waals surface area contributed by atoms with E-state index >= 15 is 0 Å². The summed E-state index contributed by atoms with van der Waals surface area (Å²) in [5.74, 6) is -1.21. The molecule has 11 heteroatoms. The third-order valence-corrected chi connectivity index (χ3v) is 5.31. The second kappa shape index (κ2) is 13.6. The molecule has 2 rings (SSSR count). The molecule has 208 valence electrons. The molecule has 0 spiro atoms. The summed E-state index contributed by atoms with van der Waals surface area (Å²) in [5.41, 5.74) is -0.961. The number of aromatic nitrogens is 2. The quantitative estimate of drug-likeness (QED) is 0.359. The molecule has 0 aliphatic rings. The molecule has 1 heterocycles. The number of hydrogen-bond acceptors (Lipinski definition) is 7. The molecule has 0 unspecified atom stereocenters. The van der Waals surface area contributed by atoms with Crippen LogP contribution in [0, 0.1) is 0 Å². The zero-order chi connectivity index (χ0) is 28.3. The Balaban J connectivity index is 2.09. The fourth-order valence-corrected chi connectivity index (χ4v) is 3.46. The summed E-state index contributed by atoms with van der Waals surface area (Å²) in [6.07, 6.45) is 3.86. The molecule has 0 saturated carbocycles. The number of benzene rings is 1. The molecule has 0 aliphatic heterocycles. The van der Waals surface area contributed by atoms with Gasteiger partial charge in [-0.3, -0.25) is 14.4 Å². The number of anilines is 1. The Hall–Kier alpha value is -3.89. The second-order valence-corrected chi connectivity index (χ2v) is 10.4. The normalized spacial score (nSPS) is 12.3. The van der Waals surface area contributed by atoms with E-state index in [9.17, 15) is 19.2 Å². The highest BCUT2D eigenvalue weighted by molar-refractivity contribution is 5.98. The molecule has 2 aromatic rings. The van der Waals surface area contributed by atoms with Gasteiger partial charge in [0.15, 0.2) is 5.82 Å². The number of rotatable bonds is 12. The summed E-state index contributed by atoms with van der Waals surface area (Å²) < 4.78 is 11.7. The zero-order valence-corrected chi connectivity index (χ0v) is 23.0. The van der Waals surface area contributed by atoms with Gasteiger partial charge in [-0.2, -0.15) is 0 Å². The fraction of sp³-hybridized carbons (Fsp3) is 0.519. The maximum atomic E-state index is 13.2. The van der Waals surface area contributed by atoms with Crippen molar-refractivity contribution in [2.24, 2.45) is 0 Å². The number of imidazole rings is 1. The maximum Gasteiger partial charge on any atom is 0.408 e. The lowest BCUT2D eigenvalue weighted by molar-refractivity contribution is -0.143. The summed E-state index contributed by atoms with van der Waals surface area (Å²) in [7, 11) is 0. The fourth-order valence-electron chi connectivity index (χ4n) is 3.46. The van der Waals surface area contributed by atoms with Crippen molar-refractivity contribution >= 4 is 29.7 Å². The first-order chi connectivity index (χ1) is 17.8. The molecule has 0 aliphatic carbocycles. The Labute approximate surface area is 223 Å². The minimum absolute atomic E-state index is 0.0432. The second-order valence-electron chi connectivity index (χ2n) is 10.4. The Morgan fingerprint density at radius 1 is 1.05 bits per heavy atom. The molecule has 0 fully saturated rings. The van der Waals surface area contributed by atoms with E-state index < -0.39 is 41.1 Å². The third-order valence-electron chi connectivity index (χ3n) is 5.31. The van der Waals surface area contributed by atoms with Crippen molar-refractivity contribution in [1.82, 2.24) is 20.2 Å². The average Bonchev–Trinajstić information content (AvgIpc) is 3.23. The molecule has 3 N–H and O–H groups in total. The number of aryl methyl sites for hydroxylation is 1. The molecule has 1 aromatic heterocycles. The standard InChI is InChI=1S/C27H39N5O6/c1-7-37-22(33)17-32-16-21(28-18-32)30-23(34)20(15-11-14-19-12-9-8-10-13-19)29-24(35)27(5,6)31-25(36)38-26(2,3)4/h8-10,12-13,16,18,20H,7,11,14-15,17H2,1-6H3,(H,29,35)(H,30,34)(H,31,36)/t20-/m1/s1. The van der Waals surface area contributed by atoms with E-state index in [2.05, 4.69) is 20.9 Å². The zero-order valence-electron chi connectivity index (χ0n) is 23.0. The molecule has 0 saturated heterocycles. The van der Waals surface area contributed by atoms with Crippen LogP contribution >= 0.6 is 0 Å². The van der Waals surface area contributed by atoms with Crippen LogP contribution in [0.3, 0.4) is 0 Å². The number of hydrogen-bond donors (Lipinski definition) is 3. The SMILES string of the molecule is CCOC(=O)Cn1cnc(NC(=O)[C@@H](CCCc2ccccc2)NC(=O)C(C)(C)NC(=O)OC(C)(C)C)c1. The number of nitrogens with one attached hydrogen (secondary N) is 3. The van der Waals surface area contributed by atoms with Crippen molar-refractivity contribution in [3.8, 4) is 0 Å². The monoisotopic (exact) mass is 529 g/mol. The van der Waals surface area contributed by atoms with Crippen molar-refractivity contribution in [2.75, 3.05) is 11.9 Å². The van der Waals surface area contributed by atoms with Gasteiger partial charge < -0.3 is 30.0 Å². The van der Waals surface area contributed by atoms with Crippen LogP contribution in [0.5, 0.6) is 0 Å². The molecule has 1 atom stereocenters. The lowest BCUT2D eigenvalue weighted by Crippen LogP contribution is -2.58. The topological polar surface area (TPSA) is 141 Å². The van der Waals surface area contributed by atoms with E-state index in [1.165, 1.54) is 30.9 Å². The van der Waals surface area contributed by atoms with Gasteiger partial charge >= 0.3 is 12.1 Å². The highest BCUT2D eigenvalue weighted by atomic mass is 16.6. The van der Waals surface area contributed by atoms with Crippen LogP contribution in [-0.2, 0) is 36.8 Å². The maximum absolute atomic E-state index is 13.2. The van der Waals surface area contributed by atoms with Gasteiger partial charge in [0.05, 0.1) is 12.9 Å². The number of amides is 3. The summed E-state index contributed by atoms with van der Waals surface area (Å²) in [6, 6.07) is 8.91. The van der Waals surface area contributed by atoms with Gasteiger partial charge in [0.2, 0.25) is 11.8 Å². The number of ether oxygens (including phenoxy) is 2. The summed E-state index contributed by atoms with van der Waals surface area (Å²) in [6.45, 7) is 10.2. The Morgan fingerprint density at radius 2 is 1.74 bits per heavy atom. The van der Waals surface area contributed by atoms with Crippen LogP contribution in [0.2, 0.25) is 0 Å². The van der Waals surface area contributed by atoms with Crippen molar-refractivity contribution in [1.29, 1.82) is 0 Å². The van der Waals surface area contributed by atoms with Crippen molar-refractivity contribution in [3.63, 3.8) is 0 Å². The van der Waals surface area contributed by atoms with Gasteiger partial charge in [-0.15, -0.1) is 0 Å². The van der Waals surface area contributed by atoms with Crippen LogP contribution < -0.4 is 16.0 Å². The van der Waals surface area contributed by atoms with Gasteiger partial charge in [0.25, 0.3) is 0 Å². The molecule has 1 aromatic carbocycles. The highest BCUT2D eigenvalue weighted by Crippen LogP contribution is 2.13. The first-order valence-electron chi connectivity index (χ1n) is 12.6. The number of carbonyl (C=O) groups excluding carboxylic acids is 4. The van der Waals surface area contributed by atoms with E-state index in [0.29, 0.717) is 19.3 Å². The first-order valence-corrected chi connectivity index (χ1v) is 12.6. The predicted octanol–water partition coefficient (Wildman–Crippen LogP) is 3.20. The Morgan fingerprint density at radius 3 is 2.37 bits per heavy atom. The minimum Gasteiger partial charge on any atom is -0.465 e. The Kier molecular flexibility index (Phi) is 10.9. The molecule has 0 bridgehead atoms. The van der Waals surface area contributed by atoms with Gasteiger partial charge in [-0.25, -0.2) is 9.78 Å². The lowest BCUT2D eigenvalue weighted by Gasteiger charge is -2.29. The van der Waals surface area contributed by atoms with Crippen LogP contribution in [0.15, 0.2) is 42.9 Å². The molecule has 0 radical (unpaired) electrons. The summed E-state index contributed by atoms with van der Waals surface area (Å²) >= 11 is 0. The van der Waals surface area contributed by atoms with Crippen molar-refractivity contribution in [3.05, 3.63) is 48.4 Å². The molecular formula is C27H39N5O6. The number of carbonyl (C=O) groups is 4. The number of nitrogens with zero attached hydrogens (tertiary/aromatic N) is 2. The summed E-state index contributed by atoms with van der Waals surface area (Å²) in [5, 5.41) is 8.01. The summed E-state index contributed by atoms with van der Waals surface area (Å²) in [4.78, 5) is 54.4. The van der Waals surface area contributed by atoms with E-state index in [4.69, 9.17) is 9.47 Å². The minimum atomic E-state index is -1.35. The average molecular weight is 530 g/mol. The Bertz CT molecular complexity index is 1090. The predicted molar refractivity (Wildman–Crippen MR) is 142 cm³/mol. The molecular weight excluding hydrogens is 490 g/mol. The largest absolute Gasteiger partial charge is 0.465 e. The highest BCUT2D eigenvalue weighted by Gasteiger charge is 2.34. The molecule has 38 heavy (non-hydrogen) atoms. The first kappa shape index (κ1) is 30.3. The smallest absolute Gasteiger partial charge is 0.408 e. The van der Waals surface area contributed by atoms with Crippen molar-refractivity contribution in [2.45, 2.75) is 84.5 Å². The van der Waals surface area contributed by atoms with Gasteiger partial charge in [0.1, 0.15) is 23.7 Å². The molecule has 11 nitrogen and oxygen atoms in total. The van der Waals surface area contributed by atoms with E-state index in [-0.39, 0.29) is 19.0 Å². The van der Waals surface area contributed by atoms with E-state index in [0.717, 1.165) is 5.56 Å². The van der Waals surface area contributed by atoms with Crippen LogP contribution in [0.4, 0.5) is 10.6 Å². The number of esters is 1. The van der Waals surface area contributed by atoms with E-state index in [1.807, 2.05) is 30.3 Å². The van der Waals surface area contributed by atoms with Crippen LogP contribution in [0.1, 0.15) is 59.9 Å². The lowest BCUT2D eigenvalue weighted by atomic mass is 10.0.